The molecule has 7 heteroatoms. The second-order valence-electron chi connectivity index (χ2n) is 5.89. The van der Waals surface area contributed by atoms with Crippen LogP contribution in [0.3, 0.4) is 0 Å². The minimum absolute atomic E-state index is 0.103. The second kappa shape index (κ2) is 7.11. The Balaban J connectivity index is 1.47. The molecular formula is C18H17BrN4OS. The molecule has 5 nitrogen and oxygen atoms in total. The van der Waals surface area contributed by atoms with Gasteiger partial charge in [-0.3, -0.25) is 4.79 Å². The van der Waals surface area contributed by atoms with Crippen LogP contribution in [-0.4, -0.2) is 37.1 Å². The van der Waals surface area contributed by atoms with E-state index >= 15 is 0 Å². The lowest BCUT2D eigenvalue weighted by molar-refractivity contribution is 0.103. The van der Waals surface area contributed by atoms with Gasteiger partial charge < -0.3 is 15.5 Å². The van der Waals surface area contributed by atoms with E-state index in [-0.39, 0.29) is 5.91 Å². The molecule has 0 saturated carbocycles. The summed E-state index contributed by atoms with van der Waals surface area (Å²) < 4.78 is 2.11. The number of fused-ring (bicyclic) bond motifs is 1. The first-order valence-electron chi connectivity index (χ1n) is 8.11. The molecular weight excluding hydrogens is 400 g/mol. The van der Waals surface area contributed by atoms with Crippen LogP contribution in [0, 0.1) is 0 Å². The molecule has 1 aliphatic heterocycles. The number of carbonyl (C=O) groups is 1. The standard InChI is InChI=1S/C18H17BrN4OS/c19-13-1-3-15-12(9-13)10-16(25-15)18(24)22-14-2-4-17(21-11-14)23-7-5-20-6-8-23/h1-4,9-11,20H,5-8H2,(H,22,24). The number of aromatic nitrogens is 1. The molecule has 3 aromatic rings. The molecule has 1 fully saturated rings. The van der Waals surface area contributed by atoms with Gasteiger partial charge in [0.15, 0.2) is 0 Å². The number of nitrogens with one attached hydrogen (secondary N) is 2. The minimum atomic E-state index is -0.103. The lowest BCUT2D eigenvalue weighted by Crippen LogP contribution is -2.43. The van der Waals surface area contributed by atoms with Gasteiger partial charge in [0.1, 0.15) is 5.82 Å². The van der Waals surface area contributed by atoms with E-state index in [4.69, 9.17) is 0 Å². The van der Waals surface area contributed by atoms with Crippen LogP contribution in [0.25, 0.3) is 10.1 Å². The predicted octanol–water partition coefficient (Wildman–Crippen LogP) is 3.72. The van der Waals surface area contributed by atoms with Crippen molar-refractivity contribution in [2.75, 3.05) is 36.4 Å². The van der Waals surface area contributed by atoms with Crippen molar-refractivity contribution in [2.45, 2.75) is 0 Å². The van der Waals surface area contributed by atoms with E-state index in [0.29, 0.717) is 10.6 Å². The first-order chi connectivity index (χ1) is 12.2. The van der Waals surface area contributed by atoms with E-state index in [1.807, 2.05) is 36.4 Å². The van der Waals surface area contributed by atoms with Crippen LogP contribution in [0.1, 0.15) is 9.67 Å². The van der Waals surface area contributed by atoms with Gasteiger partial charge in [-0.25, -0.2) is 4.98 Å². The Bertz CT molecular complexity index is 903. The van der Waals surface area contributed by atoms with Crippen LogP contribution in [0.15, 0.2) is 47.1 Å². The van der Waals surface area contributed by atoms with Gasteiger partial charge in [-0.1, -0.05) is 15.9 Å². The molecule has 1 saturated heterocycles. The number of rotatable bonds is 3. The predicted molar refractivity (Wildman–Crippen MR) is 107 cm³/mol. The third-order valence-electron chi connectivity index (χ3n) is 4.15. The smallest absolute Gasteiger partial charge is 0.265 e. The largest absolute Gasteiger partial charge is 0.354 e. The average Bonchev–Trinajstić information content (AvgIpc) is 3.06. The topological polar surface area (TPSA) is 57.3 Å². The van der Waals surface area contributed by atoms with Crippen molar-refractivity contribution >= 4 is 54.8 Å². The van der Waals surface area contributed by atoms with Crippen LogP contribution in [0.5, 0.6) is 0 Å². The van der Waals surface area contributed by atoms with Gasteiger partial charge in [0.05, 0.1) is 16.8 Å². The van der Waals surface area contributed by atoms with Gasteiger partial charge in [0.2, 0.25) is 0 Å². The highest BCUT2D eigenvalue weighted by Crippen LogP contribution is 2.28. The van der Waals surface area contributed by atoms with Crippen LogP contribution in [-0.2, 0) is 0 Å². The Morgan fingerprint density at radius 2 is 2.04 bits per heavy atom. The number of hydrogen-bond acceptors (Lipinski definition) is 5. The Hall–Kier alpha value is -1.96. The van der Waals surface area contributed by atoms with E-state index < -0.39 is 0 Å². The number of nitrogens with zero attached hydrogens (tertiary/aromatic N) is 2. The number of pyridine rings is 1. The zero-order valence-corrected chi connectivity index (χ0v) is 15.9. The van der Waals surface area contributed by atoms with Crippen molar-refractivity contribution in [1.82, 2.24) is 10.3 Å². The van der Waals surface area contributed by atoms with Crippen LogP contribution >= 0.6 is 27.3 Å². The number of thiophene rings is 1. The van der Waals surface area contributed by atoms with Gasteiger partial charge >= 0.3 is 0 Å². The average molecular weight is 417 g/mol. The maximum Gasteiger partial charge on any atom is 0.265 e. The summed E-state index contributed by atoms with van der Waals surface area (Å²) in [6, 6.07) is 11.8. The molecule has 0 spiro atoms. The Morgan fingerprint density at radius 3 is 2.80 bits per heavy atom. The van der Waals surface area contributed by atoms with Gasteiger partial charge in [-0.15, -0.1) is 11.3 Å². The summed E-state index contributed by atoms with van der Waals surface area (Å²) in [5.74, 6) is 0.847. The van der Waals surface area contributed by atoms with Crippen LogP contribution in [0.2, 0.25) is 0 Å². The Morgan fingerprint density at radius 1 is 1.20 bits per heavy atom. The zero-order chi connectivity index (χ0) is 17.2. The Kier molecular flexibility index (Phi) is 4.70. The summed E-state index contributed by atoms with van der Waals surface area (Å²) in [6.07, 6.45) is 1.72. The summed E-state index contributed by atoms with van der Waals surface area (Å²) in [6.45, 7) is 3.86. The quantitative estimate of drug-likeness (QED) is 0.682. The molecule has 25 heavy (non-hydrogen) atoms. The molecule has 1 amide bonds. The molecule has 4 rings (SSSR count). The van der Waals surface area contributed by atoms with Gasteiger partial charge in [-0.2, -0.15) is 0 Å². The molecule has 0 atom stereocenters. The molecule has 0 unspecified atom stereocenters. The fraction of sp³-hybridized carbons (Fsp3) is 0.222. The molecule has 1 aromatic carbocycles. The molecule has 1 aliphatic rings. The number of anilines is 2. The number of hydrogen-bond donors (Lipinski definition) is 2. The molecule has 128 valence electrons. The lowest BCUT2D eigenvalue weighted by atomic mass is 10.2. The monoisotopic (exact) mass is 416 g/mol. The normalized spacial score (nSPS) is 14.7. The summed E-state index contributed by atoms with van der Waals surface area (Å²) in [4.78, 5) is 19.9. The number of amides is 1. The number of halogens is 1. The van der Waals surface area contributed by atoms with Gasteiger partial charge in [0.25, 0.3) is 5.91 Å². The summed E-state index contributed by atoms with van der Waals surface area (Å²) in [7, 11) is 0. The molecule has 2 N–H and O–H groups in total. The van der Waals surface area contributed by atoms with E-state index in [2.05, 4.69) is 36.4 Å². The van der Waals surface area contributed by atoms with Crippen molar-refractivity contribution in [3.8, 4) is 0 Å². The van der Waals surface area contributed by atoms with Crippen molar-refractivity contribution in [3.63, 3.8) is 0 Å². The third kappa shape index (κ3) is 3.68. The summed E-state index contributed by atoms with van der Waals surface area (Å²) in [5.41, 5.74) is 0.711. The van der Waals surface area contributed by atoms with Crippen LogP contribution in [0.4, 0.5) is 11.5 Å². The summed E-state index contributed by atoms with van der Waals surface area (Å²) >= 11 is 4.95. The van der Waals surface area contributed by atoms with E-state index in [1.54, 1.807) is 6.20 Å². The van der Waals surface area contributed by atoms with Gasteiger partial charge in [-0.05, 0) is 41.8 Å². The zero-order valence-electron chi connectivity index (χ0n) is 13.5. The van der Waals surface area contributed by atoms with E-state index in [9.17, 15) is 4.79 Å². The van der Waals surface area contributed by atoms with Crippen molar-refractivity contribution in [2.24, 2.45) is 0 Å². The first-order valence-corrected chi connectivity index (χ1v) is 9.72. The van der Waals surface area contributed by atoms with Crippen molar-refractivity contribution in [3.05, 3.63) is 51.9 Å². The lowest BCUT2D eigenvalue weighted by Gasteiger charge is -2.28. The van der Waals surface area contributed by atoms with Crippen LogP contribution < -0.4 is 15.5 Å². The molecule has 0 aliphatic carbocycles. The minimum Gasteiger partial charge on any atom is -0.354 e. The maximum absolute atomic E-state index is 12.5. The molecule has 0 bridgehead atoms. The fourth-order valence-corrected chi connectivity index (χ4v) is 4.18. The van der Waals surface area contributed by atoms with Crippen molar-refractivity contribution in [1.29, 1.82) is 0 Å². The Labute approximate surface area is 158 Å². The fourth-order valence-electron chi connectivity index (χ4n) is 2.86. The third-order valence-corrected chi connectivity index (χ3v) is 5.76. The van der Waals surface area contributed by atoms with E-state index in [1.165, 1.54) is 11.3 Å². The maximum atomic E-state index is 12.5. The highest BCUT2D eigenvalue weighted by molar-refractivity contribution is 9.10. The number of benzene rings is 1. The second-order valence-corrected chi connectivity index (χ2v) is 7.89. The summed E-state index contributed by atoms with van der Waals surface area (Å²) in [5, 5.41) is 7.32. The molecule has 3 heterocycles. The highest BCUT2D eigenvalue weighted by Gasteiger charge is 2.13. The number of carbonyl (C=O) groups excluding carboxylic acids is 1. The van der Waals surface area contributed by atoms with E-state index in [0.717, 1.165) is 46.6 Å². The first kappa shape index (κ1) is 16.5. The highest BCUT2D eigenvalue weighted by atomic mass is 79.9. The molecule has 2 aromatic heterocycles. The molecule has 0 radical (unpaired) electrons. The number of piperazine rings is 1. The SMILES string of the molecule is O=C(Nc1ccc(N2CCNCC2)nc1)c1cc2cc(Br)ccc2s1. The van der Waals surface area contributed by atoms with Gasteiger partial charge in [0, 0.05) is 35.4 Å². The van der Waals surface area contributed by atoms with Crippen molar-refractivity contribution < 1.29 is 4.79 Å².